The van der Waals surface area contributed by atoms with E-state index < -0.39 is 0 Å². The number of carbonyl (C=O) groups excluding carboxylic acids is 3. The van der Waals surface area contributed by atoms with Crippen LogP contribution in [0.5, 0.6) is 11.5 Å². The zero-order valence-corrected chi connectivity index (χ0v) is 17.5. The minimum atomic E-state index is -0.181. The van der Waals surface area contributed by atoms with Crippen molar-refractivity contribution < 1.29 is 23.9 Å². The minimum absolute atomic E-state index is 0.0206. The van der Waals surface area contributed by atoms with Gasteiger partial charge in [-0.05, 0) is 66.4 Å². The van der Waals surface area contributed by atoms with Crippen molar-refractivity contribution in [2.24, 2.45) is 5.92 Å². The second kappa shape index (κ2) is 8.63. The van der Waals surface area contributed by atoms with Crippen molar-refractivity contribution >= 4 is 29.4 Å². The summed E-state index contributed by atoms with van der Waals surface area (Å²) in [5.74, 6) is 0.916. The first-order chi connectivity index (χ1) is 15.0. The van der Waals surface area contributed by atoms with Gasteiger partial charge in [-0.2, -0.15) is 0 Å². The number of anilines is 1. The Morgan fingerprint density at radius 1 is 1.06 bits per heavy atom. The molecule has 1 aliphatic carbocycles. The van der Waals surface area contributed by atoms with Crippen LogP contribution in [0.15, 0.2) is 42.6 Å². The summed E-state index contributed by atoms with van der Waals surface area (Å²) in [4.78, 5) is 38.8. The van der Waals surface area contributed by atoms with E-state index in [-0.39, 0.29) is 36.5 Å². The molecule has 0 radical (unpaired) electrons. The molecule has 1 fully saturated rings. The molecule has 2 aromatic rings. The van der Waals surface area contributed by atoms with E-state index in [1.165, 1.54) is 4.90 Å². The number of ketones is 1. The molecule has 7 nitrogen and oxygen atoms in total. The number of nitrogens with one attached hydrogen (secondary N) is 1. The first-order valence-electron chi connectivity index (χ1n) is 10.1. The van der Waals surface area contributed by atoms with E-state index in [0.29, 0.717) is 22.7 Å². The van der Waals surface area contributed by atoms with E-state index >= 15 is 0 Å². The number of carbonyl (C=O) groups is 3. The number of nitrogens with zero attached hydrogens (tertiary/aromatic N) is 1. The number of Topliss-reactive ketones (excluding diaryl/α,β-unsaturated/α-hetero) is 1. The van der Waals surface area contributed by atoms with Crippen molar-refractivity contribution in [3.63, 3.8) is 0 Å². The molecule has 0 unspecified atom stereocenters. The molecule has 1 N–H and O–H groups in total. The molecule has 0 spiro atoms. The lowest BCUT2D eigenvalue weighted by molar-refractivity contribution is -0.127. The maximum Gasteiger partial charge on any atom is 0.231 e. The summed E-state index contributed by atoms with van der Waals surface area (Å²) in [6.07, 6.45) is 5.45. The number of benzene rings is 2. The van der Waals surface area contributed by atoms with Gasteiger partial charge in [0, 0.05) is 23.4 Å². The second-order valence-electron chi connectivity index (χ2n) is 7.68. The van der Waals surface area contributed by atoms with Gasteiger partial charge in [0.2, 0.25) is 11.8 Å². The van der Waals surface area contributed by atoms with Crippen LogP contribution in [0, 0.1) is 5.92 Å². The molecule has 7 heteroatoms. The lowest BCUT2D eigenvalue weighted by Gasteiger charge is -2.16. The van der Waals surface area contributed by atoms with Gasteiger partial charge in [-0.25, -0.2) is 0 Å². The number of amides is 2. The third-order valence-corrected chi connectivity index (χ3v) is 5.48. The molecule has 1 saturated carbocycles. The van der Waals surface area contributed by atoms with Crippen LogP contribution in [0.1, 0.15) is 34.3 Å². The van der Waals surface area contributed by atoms with E-state index in [9.17, 15) is 14.4 Å². The quantitative estimate of drug-likeness (QED) is 0.695. The standard InChI is InChI=1S/C24H24N2O5/c1-30-21-11-17-9-10-26(23(28)13-18(17)12-22(21)31-2)14-20(27)15-5-7-19(8-6-15)25-24(29)16-3-4-16/h5-12,16H,3-4,13-14H2,1-2H3,(H,25,29). The van der Waals surface area contributed by atoms with Gasteiger partial charge in [0.05, 0.1) is 27.2 Å². The van der Waals surface area contributed by atoms with Crippen LogP contribution in [0.25, 0.3) is 6.08 Å². The highest BCUT2D eigenvalue weighted by Gasteiger charge is 2.29. The van der Waals surface area contributed by atoms with Crippen molar-refractivity contribution in [2.45, 2.75) is 19.3 Å². The molecular weight excluding hydrogens is 396 g/mol. The molecule has 2 aromatic carbocycles. The Morgan fingerprint density at radius 3 is 2.39 bits per heavy atom. The molecule has 0 bridgehead atoms. The van der Waals surface area contributed by atoms with Gasteiger partial charge < -0.3 is 19.7 Å². The van der Waals surface area contributed by atoms with Gasteiger partial charge in [0.25, 0.3) is 0 Å². The summed E-state index contributed by atoms with van der Waals surface area (Å²) >= 11 is 0. The van der Waals surface area contributed by atoms with Gasteiger partial charge in [-0.1, -0.05) is 0 Å². The van der Waals surface area contributed by atoms with Gasteiger partial charge in [-0.3, -0.25) is 14.4 Å². The summed E-state index contributed by atoms with van der Waals surface area (Å²) in [7, 11) is 3.11. The molecule has 31 heavy (non-hydrogen) atoms. The van der Waals surface area contributed by atoms with Crippen LogP contribution in [0.2, 0.25) is 0 Å². The summed E-state index contributed by atoms with van der Waals surface area (Å²) < 4.78 is 10.7. The molecule has 2 amide bonds. The Kier molecular flexibility index (Phi) is 5.75. The lowest BCUT2D eigenvalue weighted by atomic mass is 10.0. The number of methoxy groups -OCH3 is 2. The highest BCUT2D eigenvalue weighted by molar-refractivity contribution is 6.01. The molecule has 0 aromatic heterocycles. The molecule has 0 atom stereocenters. The van der Waals surface area contributed by atoms with E-state index in [2.05, 4.69) is 5.32 Å². The molecule has 4 rings (SSSR count). The van der Waals surface area contributed by atoms with E-state index in [1.54, 1.807) is 56.8 Å². The molecule has 160 valence electrons. The third-order valence-electron chi connectivity index (χ3n) is 5.48. The second-order valence-corrected chi connectivity index (χ2v) is 7.68. The van der Waals surface area contributed by atoms with E-state index in [0.717, 1.165) is 24.0 Å². The monoisotopic (exact) mass is 420 g/mol. The van der Waals surface area contributed by atoms with Crippen LogP contribution in [0.3, 0.4) is 0 Å². The van der Waals surface area contributed by atoms with Crippen LogP contribution in [-0.2, 0) is 16.0 Å². The summed E-state index contributed by atoms with van der Waals surface area (Å²) in [6, 6.07) is 10.4. The fourth-order valence-electron chi connectivity index (χ4n) is 3.48. The lowest BCUT2D eigenvalue weighted by Crippen LogP contribution is -2.31. The molecule has 1 heterocycles. The fraction of sp³-hybridized carbons (Fsp3) is 0.292. The normalized spacial score (nSPS) is 15.2. The number of hydrogen-bond donors (Lipinski definition) is 1. The van der Waals surface area contributed by atoms with Crippen LogP contribution < -0.4 is 14.8 Å². The molecule has 1 aliphatic heterocycles. The number of hydrogen-bond acceptors (Lipinski definition) is 5. The Bertz CT molecular complexity index is 1050. The Labute approximate surface area is 180 Å². The molecular formula is C24H24N2O5. The van der Waals surface area contributed by atoms with E-state index in [1.807, 2.05) is 6.07 Å². The smallest absolute Gasteiger partial charge is 0.231 e. The van der Waals surface area contributed by atoms with E-state index in [4.69, 9.17) is 9.47 Å². The minimum Gasteiger partial charge on any atom is -0.493 e. The zero-order chi connectivity index (χ0) is 22.0. The number of fused-ring (bicyclic) bond motifs is 1. The van der Waals surface area contributed by atoms with Gasteiger partial charge >= 0.3 is 0 Å². The van der Waals surface area contributed by atoms with Crippen molar-refractivity contribution in [2.75, 3.05) is 26.1 Å². The van der Waals surface area contributed by atoms with Crippen LogP contribution >= 0.6 is 0 Å². The molecule has 2 aliphatic rings. The Hall–Kier alpha value is -3.61. The first-order valence-corrected chi connectivity index (χ1v) is 10.1. The number of ether oxygens (including phenoxy) is 2. The average molecular weight is 420 g/mol. The SMILES string of the molecule is COc1cc2c(cc1OC)CC(=O)N(CC(=O)c1ccc(NC(=O)C3CC3)cc1)C=C2. The van der Waals surface area contributed by atoms with Gasteiger partial charge in [0.15, 0.2) is 17.3 Å². The topological polar surface area (TPSA) is 84.9 Å². The summed E-state index contributed by atoms with van der Waals surface area (Å²) in [6.45, 7) is -0.0641. The maximum absolute atomic E-state index is 12.7. The number of rotatable bonds is 7. The Balaban J connectivity index is 1.44. The van der Waals surface area contributed by atoms with Crippen molar-refractivity contribution in [1.82, 2.24) is 4.90 Å². The predicted molar refractivity (Wildman–Crippen MR) is 116 cm³/mol. The zero-order valence-electron chi connectivity index (χ0n) is 17.5. The van der Waals surface area contributed by atoms with Gasteiger partial charge in [0.1, 0.15) is 0 Å². The highest BCUT2D eigenvalue weighted by atomic mass is 16.5. The fourth-order valence-corrected chi connectivity index (χ4v) is 3.48. The molecule has 0 saturated heterocycles. The predicted octanol–water partition coefficient (Wildman–Crippen LogP) is 3.29. The summed E-state index contributed by atoms with van der Waals surface area (Å²) in [5.41, 5.74) is 2.80. The maximum atomic E-state index is 12.7. The summed E-state index contributed by atoms with van der Waals surface area (Å²) in [5, 5.41) is 2.85. The highest BCUT2D eigenvalue weighted by Crippen LogP contribution is 2.33. The van der Waals surface area contributed by atoms with Crippen LogP contribution in [0.4, 0.5) is 5.69 Å². The van der Waals surface area contributed by atoms with Crippen molar-refractivity contribution in [3.05, 3.63) is 59.3 Å². The third kappa shape index (κ3) is 4.60. The largest absolute Gasteiger partial charge is 0.493 e. The first kappa shape index (κ1) is 20.7. The van der Waals surface area contributed by atoms with Crippen molar-refractivity contribution in [1.29, 1.82) is 0 Å². The average Bonchev–Trinajstić information content (AvgIpc) is 3.63. The Morgan fingerprint density at radius 2 is 1.74 bits per heavy atom. The van der Waals surface area contributed by atoms with Gasteiger partial charge in [-0.15, -0.1) is 0 Å². The van der Waals surface area contributed by atoms with Crippen LogP contribution in [-0.4, -0.2) is 43.3 Å². The van der Waals surface area contributed by atoms with Crippen molar-refractivity contribution in [3.8, 4) is 11.5 Å².